The lowest BCUT2D eigenvalue weighted by Gasteiger charge is -2.13. The Morgan fingerprint density at radius 2 is 1.73 bits per heavy atom. The highest BCUT2D eigenvalue weighted by Gasteiger charge is 2.15. The van der Waals surface area contributed by atoms with Crippen LogP contribution in [-0.2, 0) is 9.53 Å². The first kappa shape index (κ1) is 19.7. The molecule has 0 aliphatic carbocycles. The van der Waals surface area contributed by atoms with E-state index in [1.54, 1.807) is 38.4 Å². The Morgan fingerprint density at radius 1 is 1.04 bits per heavy atom. The molecule has 0 bridgehead atoms. The van der Waals surface area contributed by atoms with Crippen molar-refractivity contribution >= 4 is 5.97 Å². The summed E-state index contributed by atoms with van der Waals surface area (Å²) in [5.41, 5.74) is 0.860. The van der Waals surface area contributed by atoms with Gasteiger partial charge in [-0.15, -0.1) is 0 Å². The Kier molecular flexibility index (Phi) is 7.86. The summed E-state index contributed by atoms with van der Waals surface area (Å²) in [5.74, 6) is 1.49. The number of aromatic nitrogens is 2. The SMILES string of the molecule is CCCCCOc1cnc(-c2ccc(OC(C)C(=O)OCC)cc2)nc1. The maximum atomic E-state index is 11.6. The first-order valence-corrected chi connectivity index (χ1v) is 9.02. The topological polar surface area (TPSA) is 70.5 Å². The Labute approximate surface area is 154 Å². The minimum Gasteiger partial charge on any atom is -0.490 e. The minimum atomic E-state index is -0.652. The molecule has 0 saturated heterocycles. The molecule has 0 aliphatic heterocycles. The molecule has 0 amide bonds. The molecule has 140 valence electrons. The molecule has 1 atom stereocenters. The highest BCUT2D eigenvalue weighted by molar-refractivity contribution is 5.74. The number of benzene rings is 1. The standard InChI is InChI=1S/C20H26N2O4/c1-4-6-7-12-25-18-13-21-19(22-14-18)16-8-10-17(11-9-16)26-15(3)20(23)24-5-2/h8-11,13-15H,4-7,12H2,1-3H3. The van der Waals surface area contributed by atoms with Crippen LogP contribution in [-0.4, -0.2) is 35.3 Å². The first-order chi connectivity index (χ1) is 12.6. The fourth-order valence-electron chi connectivity index (χ4n) is 2.28. The smallest absolute Gasteiger partial charge is 0.347 e. The normalized spacial score (nSPS) is 11.7. The molecule has 1 aromatic heterocycles. The second kappa shape index (κ2) is 10.4. The van der Waals surface area contributed by atoms with Gasteiger partial charge in [-0.3, -0.25) is 0 Å². The van der Waals surface area contributed by atoms with E-state index in [2.05, 4.69) is 16.9 Å². The van der Waals surface area contributed by atoms with E-state index in [-0.39, 0.29) is 5.97 Å². The maximum absolute atomic E-state index is 11.6. The van der Waals surface area contributed by atoms with Crippen molar-refractivity contribution in [3.63, 3.8) is 0 Å². The zero-order valence-electron chi connectivity index (χ0n) is 15.6. The summed E-state index contributed by atoms with van der Waals surface area (Å²) in [6, 6.07) is 7.27. The van der Waals surface area contributed by atoms with Crippen molar-refractivity contribution in [3.8, 4) is 22.9 Å². The summed E-state index contributed by atoms with van der Waals surface area (Å²) in [6.07, 6.45) is 6.06. The number of hydrogen-bond acceptors (Lipinski definition) is 6. The lowest BCUT2D eigenvalue weighted by atomic mass is 10.2. The molecule has 26 heavy (non-hydrogen) atoms. The monoisotopic (exact) mass is 358 g/mol. The van der Waals surface area contributed by atoms with Crippen molar-refractivity contribution in [1.82, 2.24) is 9.97 Å². The van der Waals surface area contributed by atoms with E-state index in [1.165, 1.54) is 0 Å². The zero-order chi connectivity index (χ0) is 18.8. The molecule has 1 unspecified atom stereocenters. The van der Waals surface area contributed by atoms with Gasteiger partial charge >= 0.3 is 5.97 Å². The van der Waals surface area contributed by atoms with E-state index in [1.807, 2.05) is 12.1 Å². The highest BCUT2D eigenvalue weighted by atomic mass is 16.6. The summed E-state index contributed by atoms with van der Waals surface area (Å²) < 4.78 is 16.1. The number of carbonyl (C=O) groups is 1. The van der Waals surface area contributed by atoms with Crippen LogP contribution in [0.4, 0.5) is 0 Å². The second-order valence-corrected chi connectivity index (χ2v) is 5.83. The molecule has 2 aromatic rings. The molecular formula is C20H26N2O4. The summed E-state index contributed by atoms with van der Waals surface area (Å²) >= 11 is 0. The number of hydrogen-bond donors (Lipinski definition) is 0. The van der Waals surface area contributed by atoms with E-state index >= 15 is 0 Å². The van der Waals surface area contributed by atoms with E-state index in [4.69, 9.17) is 14.2 Å². The highest BCUT2D eigenvalue weighted by Crippen LogP contribution is 2.21. The van der Waals surface area contributed by atoms with Gasteiger partial charge in [0.05, 0.1) is 25.6 Å². The lowest BCUT2D eigenvalue weighted by molar-refractivity contribution is -0.150. The van der Waals surface area contributed by atoms with Gasteiger partial charge in [-0.25, -0.2) is 14.8 Å². The average molecular weight is 358 g/mol. The molecule has 0 aliphatic rings. The molecule has 2 rings (SSSR count). The molecule has 0 saturated carbocycles. The average Bonchev–Trinajstić information content (AvgIpc) is 2.66. The van der Waals surface area contributed by atoms with Gasteiger partial charge in [-0.05, 0) is 44.5 Å². The summed E-state index contributed by atoms with van der Waals surface area (Å²) in [6.45, 7) is 6.60. The molecule has 0 spiro atoms. The zero-order valence-corrected chi connectivity index (χ0v) is 15.6. The number of nitrogens with zero attached hydrogens (tertiary/aromatic N) is 2. The molecular weight excluding hydrogens is 332 g/mol. The predicted molar refractivity (Wildman–Crippen MR) is 99.2 cm³/mol. The molecule has 0 fully saturated rings. The quantitative estimate of drug-likeness (QED) is 0.471. The number of unbranched alkanes of at least 4 members (excludes halogenated alkanes) is 2. The van der Waals surface area contributed by atoms with Gasteiger partial charge in [-0.1, -0.05) is 19.8 Å². The lowest BCUT2D eigenvalue weighted by Crippen LogP contribution is -2.25. The predicted octanol–water partition coefficient (Wildman–Crippen LogP) is 4.04. The molecule has 1 aromatic carbocycles. The van der Waals surface area contributed by atoms with Crippen LogP contribution in [0.2, 0.25) is 0 Å². The Bertz CT molecular complexity index is 671. The first-order valence-electron chi connectivity index (χ1n) is 9.02. The number of rotatable bonds is 10. The van der Waals surface area contributed by atoms with Crippen LogP contribution in [0.15, 0.2) is 36.7 Å². The fraction of sp³-hybridized carbons (Fsp3) is 0.450. The molecule has 1 heterocycles. The van der Waals surface area contributed by atoms with Crippen molar-refractivity contribution in [2.24, 2.45) is 0 Å². The van der Waals surface area contributed by atoms with Gasteiger partial charge in [0.2, 0.25) is 0 Å². The molecule has 6 nitrogen and oxygen atoms in total. The van der Waals surface area contributed by atoms with Crippen molar-refractivity contribution in [2.45, 2.75) is 46.1 Å². The number of ether oxygens (including phenoxy) is 3. The van der Waals surface area contributed by atoms with Crippen LogP contribution in [0, 0.1) is 0 Å². The molecule has 0 N–H and O–H groups in total. The van der Waals surface area contributed by atoms with Crippen LogP contribution in [0.1, 0.15) is 40.0 Å². The van der Waals surface area contributed by atoms with Crippen molar-refractivity contribution < 1.29 is 19.0 Å². The summed E-state index contributed by atoms with van der Waals surface area (Å²) in [4.78, 5) is 20.3. The van der Waals surface area contributed by atoms with Gasteiger partial charge in [0.25, 0.3) is 0 Å². The third kappa shape index (κ3) is 6.02. The van der Waals surface area contributed by atoms with Crippen LogP contribution in [0.5, 0.6) is 11.5 Å². The van der Waals surface area contributed by atoms with E-state index < -0.39 is 6.10 Å². The van der Waals surface area contributed by atoms with E-state index in [0.29, 0.717) is 30.5 Å². The van der Waals surface area contributed by atoms with Gasteiger partial charge in [0.15, 0.2) is 17.7 Å². The van der Waals surface area contributed by atoms with Crippen LogP contribution in [0.25, 0.3) is 11.4 Å². The summed E-state index contributed by atoms with van der Waals surface area (Å²) in [5, 5.41) is 0. The Hall–Kier alpha value is -2.63. The number of carbonyl (C=O) groups excluding carboxylic acids is 1. The van der Waals surface area contributed by atoms with E-state index in [0.717, 1.165) is 24.8 Å². The van der Waals surface area contributed by atoms with Crippen molar-refractivity contribution in [3.05, 3.63) is 36.7 Å². The third-order valence-corrected chi connectivity index (χ3v) is 3.69. The van der Waals surface area contributed by atoms with Gasteiger partial charge < -0.3 is 14.2 Å². The third-order valence-electron chi connectivity index (χ3n) is 3.69. The van der Waals surface area contributed by atoms with Crippen LogP contribution >= 0.6 is 0 Å². The Balaban J connectivity index is 1.92. The van der Waals surface area contributed by atoms with Crippen molar-refractivity contribution in [1.29, 1.82) is 0 Å². The second-order valence-electron chi connectivity index (χ2n) is 5.83. The van der Waals surface area contributed by atoms with Crippen molar-refractivity contribution in [2.75, 3.05) is 13.2 Å². The number of esters is 1. The fourth-order valence-corrected chi connectivity index (χ4v) is 2.28. The minimum absolute atomic E-state index is 0.334. The maximum Gasteiger partial charge on any atom is 0.347 e. The van der Waals surface area contributed by atoms with Gasteiger partial charge in [0, 0.05) is 5.56 Å². The Morgan fingerprint density at radius 3 is 2.35 bits per heavy atom. The van der Waals surface area contributed by atoms with Crippen LogP contribution in [0.3, 0.4) is 0 Å². The van der Waals surface area contributed by atoms with Crippen LogP contribution < -0.4 is 9.47 Å². The largest absolute Gasteiger partial charge is 0.490 e. The molecule has 0 radical (unpaired) electrons. The van der Waals surface area contributed by atoms with Gasteiger partial charge in [0.1, 0.15) is 5.75 Å². The van der Waals surface area contributed by atoms with Gasteiger partial charge in [-0.2, -0.15) is 0 Å². The van der Waals surface area contributed by atoms with E-state index in [9.17, 15) is 4.79 Å². The summed E-state index contributed by atoms with van der Waals surface area (Å²) in [7, 11) is 0. The molecule has 6 heteroatoms.